The zero-order valence-corrected chi connectivity index (χ0v) is 17.7. The molecule has 0 fully saturated rings. The molecule has 3 aromatic rings. The first-order valence-corrected chi connectivity index (χ1v) is 9.69. The number of halogens is 4. The maximum absolute atomic E-state index is 13.3. The van der Waals surface area contributed by atoms with Crippen LogP contribution in [0.25, 0.3) is 16.9 Å². The van der Waals surface area contributed by atoms with Gasteiger partial charge in [-0.2, -0.15) is 18.3 Å². The van der Waals surface area contributed by atoms with Crippen LogP contribution >= 0.6 is 11.6 Å². The van der Waals surface area contributed by atoms with Gasteiger partial charge in [-0.25, -0.2) is 4.68 Å². The lowest BCUT2D eigenvalue weighted by molar-refractivity contribution is -0.137. The summed E-state index contributed by atoms with van der Waals surface area (Å²) < 4.78 is 57.4. The molecule has 4 rings (SSSR count). The average molecular weight is 454 g/mol. The van der Waals surface area contributed by atoms with Crippen LogP contribution in [0, 0.1) is 0 Å². The first kappa shape index (κ1) is 21.2. The van der Waals surface area contributed by atoms with Gasteiger partial charge in [-0.05, 0) is 36.8 Å². The van der Waals surface area contributed by atoms with Crippen LogP contribution in [-0.4, -0.2) is 37.7 Å². The molecule has 31 heavy (non-hydrogen) atoms. The van der Waals surface area contributed by atoms with Crippen LogP contribution in [0.1, 0.15) is 11.1 Å². The summed E-state index contributed by atoms with van der Waals surface area (Å²) in [4.78, 5) is 0. The van der Waals surface area contributed by atoms with Gasteiger partial charge >= 0.3 is 6.18 Å². The Morgan fingerprint density at radius 1 is 1.03 bits per heavy atom. The Morgan fingerprint density at radius 2 is 1.71 bits per heavy atom. The van der Waals surface area contributed by atoms with E-state index in [2.05, 4.69) is 10.4 Å². The lowest BCUT2D eigenvalue weighted by Gasteiger charge is -2.14. The molecule has 0 amide bonds. The third-order valence-corrected chi connectivity index (χ3v) is 5.41. The number of alkyl halides is 3. The van der Waals surface area contributed by atoms with Crippen molar-refractivity contribution in [3.05, 3.63) is 46.5 Å². The summed E-state index contributed by atoms with van der Waals surface area (Å²) in [5, 5.41) is 7.96. The van der Waals surface area contributed by atoms with Crippen LogP contribution in [0.3, 0.4) is 0 Å². The van der Waals surface area contributed by atoms with Crippen molar-refractivity contribution >= 4 is 17.4 Å². The predicted octanol–water partition coefficient (Wildman–Crippen LogP) is 5.21. The Labute approximate surface area is 181 Å². The van der Waals surface area contributed by atoms with Gasteiger partial charge in [-0.3, -0.25) is 0 Å². The molecule has 2 heterocycles. The third kappa shape index (κ3) is 3.63. The number of benzene rings is 2. The van der Waals surface area contributed by atoms with Gasteiger partial charge in [-0.1, -0.05) is 11.6 Å². The predicted molar refractivity (Wildman–Crippen MR) is 111 cm³/mol. The van der Waals surface area contributed by atoms with Crippen molar-refractivity contribution in [3.8, 4) is 34.2 Å². The van der Waals surface area contributed by atoms with Crippen molar-refractivity contribution in [1.82, 2.24) is 9.78 Å². The molecule has 0 radical (unpaired) electrons. The van der Waals surface area contributed by atoms with Gasteiger partial charge in [0, 0.05) is 17.7 Å². The van der Waals surface area contributed by atoms with Gasteiger partial charge < -0.3 is 19.5 Å². The van der Waals surface area contributed by atoms with Crippen LogP contribution in [-0.2, 0) is 12.6 Å². The van der Waals surface area contributed by atoms with Crippen LogP contribution in [0.5, 0.6) is 17.2 Å². The normalized spacial score (nSPS) is 13.0. The SMILES string of the molecule is COc1cc(-c2nn(-c3cc(C(F)(F)F)ccc3Cl)c3c2CCN3)cc(OC)c1OC. The van der Waals surface area contributed by atoms with Crippen molar-refractivity contribution in [2.24, 2.45) is 0 Å². The first-order valence-electron chi connectivity index (χ1n) is 9.31. The second kappa shape index (κ2) is 7.88. The van der Waals surface area contributed by atoms with E-state index in [0.29, 0.717) is 47.3 Å². The fraction of sp³-hybridized carbons (Fsp3) is 0.286. The highest BCUT2D eigenvalue weighted by atomic mass is 35.5. The number of ether oxygens (including phenoxy) is 3. The van der Waals surface area contributed by atoms with Gasteiger partial charge in [0.15, 0.2) is 11.5 Å². The molecule has 1 aromatic heterocycles. The lowest BCUT2D eigenvalue weighted by Crippen LogP contribution is -2.09. The highest BCUT2D eigenvalue weighted by Gasteiger charge is 2.32. The number of hydrogen-bond acceptors (Lipinski definition) is 5. The van der Waals surface area contributed by atoms with Gasteiger partial charge in [0.2, 0.25) is 5.75 Å². The summed E-state index contributed by atoms with van der Waals surface area (Å²) in [5.74, 6) is 1.93. The number of anilines is 1. The summed E-state index contributed by atoms with van der Waals surface area (Å²) >= 11 is 6.26. The molecular weight excluding hydrogens is 435 g/mol. The number of hydrogen-bond donors (Lipinski definition) is 1. The molecule has 6 nitrogen and oxygen atoms in total. The van der Waals surface area contributed by atoms with Gasteiger partial charge in [0.25, 0.3) is 0 Å². The van der Waals surface area contributed by atoms with Crippen molar-refractivity contribution in [2.75, 3.05) is 33.2 Å². The standard InChI is InChI=1S/C21H19ClF3N3O3/c1-29-16-8-11(9-17(30-2)19(16)31-3)18-13-6-7-26-20(13)28(27-18)15-10-12(21(23,24)25)4-5-14(15)22/h4-5,8-10,26H,6-7H2,1-3H3. The quantitative estimate of drug-likeness (QED) is 0.575. The molecule has 0 spiro atoms. The maximum Gasteiger partial charge on any atom is 0.416 e. The molecule has 0 unspecified atom stereocenters. The van der Waals surface area contributed by atoms with Gasteiger partial charge in [0.05, 0.1) is 43.3 Å². The Balaban J connectivity index is 1.91. The fourth-order valence-electron chi connectivity index (χ4n) is 3.65. The van der Waals surface area contributed by atoms with Crippen molar-refractivity contribution in [2.45, 2.75) is 12.6 Å². The minimum Gasteiger partial charge on any atom is -0.493 e. The smallest absolute Gasteiger partial charge is 0.416 e. The molecule has 0 bridgehead atoms. The van der Waals surface area contributed by atoms with E-state index in [1.54, 1.807) is 12.1 Å². The second-order valence-electron chi connectivity index (χ2n) is 6.84. The average Bonchev–Trinajstić information content (AvgIpc) is 3.35. The van der Waals surface area contributed by atoms with E-state index in [9.17, 15) is 13.2 Å². The zero-order chi connectivity index (χ0) is 22.3. The second-order valence-corrected chi connectivity index (χ2v) is 7.25. The minimum atomic E-state index is -4.50. The van der Waals surface area contributed by atoms with Crippen molar-refractivity contribution in [1.29, 1.82) is 0 Å². The molecule has 1 N–H and O–H groups in total. The Bertz CT molecular complexity index is 1120. The maximum atomic E-state index is 13.3. The molecular formula is C21H19ClF3N3O3. The largest absolute Gasteiger partial charge is 0.493 e. The molecule has 0 saturated carbocycles. The van der Waals surface area contributed by atoms with Crippen LogP contribution in [0.4, 0.5) is 19.0 Å². The summed E-state index contributed by atoms with van der Waals surface area (Å²) in [7, 11) is 4.52. The van der Waals surface area contributed by atoms with E-state index < -0.39 is 11.7 Å². The number of rotatable bonds is 5. The summed E-state index contributed by atoms with van der Waals surface area (Å²) in [6.45, 7) is 0.626. The molecule has 0 aliphatic carbocycles. The molecule has 10 heteroatoms. The zero-order valence-electron chi connectivity index (χ0n) is 16.9. The minimum absolute atomic E-state index is 0.140. The molecule has 164 valence electrons. The molecule has 2 aromatic carbocycles. The van der Waals surface area contributed by atoms with Crippen LogP contribution in [0.2, 0.25) is 5.02 Å². The Hall–Kier alpha value is -3.07. The topological polar surface area (TPSA) is 57.5 Å². The van der Waals surface area contributed by atoms with Crippen molar-refractivity contribution in [3.63, 3.8) is 0 Å². The van der Waals surface area contributed by atoms with E-state index in [-0.39, 0.29) is 10.7 Å². The molecule has 1 aliphatic heterocycles. The molecule has 1 aliphatic rings. The summed E-state index contributed by atoms with van der Waals surface area (Å²) in [5.41, 5.74) is 1.47. The van der Waals surface area contributed by atoms with E-state index in [4.69, 9.17) is 25.8 Å². The highest BCUT2D eigenvalue weighted by molar-refractivity contribution is 6.32. The van der Waals surface area contributed by atoms with E-state index >= 15 is 0 Å². The number of nitrogens with zero attached hydrogens (tertiary/aromatic N) is 2. The number of methoxy groups -OCH3 is 3. The Kier molecular flexibility index (Phi) is 5.38. The number of aromatic nitrogens is 2. The fourth-order valence-corrected chi connectivity index (χ4v) is 3.85. The van der Waals surface area contributed by atoms with Gasteiger partial charge in [0.1, 0.15) is 5.82 Å². The Morgan fingerprint density at radius 3 is 2.29 bits per heavy atom. The van der Waals surface area contributed by atoms with E-state index in [1.165, 1.54) is 32.1 Å². The highest BCUT2D eigenvalue weighted by Crippen LogP contribution is 2.44. The van der Waals surface area contributed by atoms with Gasteiger partial charge in [-0.15, -0.1) is 0 Å². The molecule has 0 atom stereocenters. The van der Waals surface area contributed by atoms with Crippen LogP contribution in [0.15, 0.2) is 30.3 Å². The summed E-state index contributed by atoms with van der Waals surface area (Å²) in [6.07, 6.45) is -3.85. The lowest BCUT2D eigenvalue weighted by atomic mass is 10.1. The van der Waals surface area contributed by atoms with Crippen LogP contribution < -0.4 is 19.5 Å². The monoisotopic (exact) mass is 453 g/mol. The molecule has 0 saturated heterocycles. The number of fused-ring (bicyclic) bond motifs is 1. The summed E-state index contributed by atoms with van der Waals surface area (Å²) in [6, 6.07) is 6.67. The van der Waals surface area contributed by atoms with Crippen molar-refractivity contribution < 1.29 is 27.4 Å². The van der Waals surface area contributed by atoms with E-state index in [0.717, 1.165) is 17.7 Å². The van der Waals surface area contributed by atoms with E-state index in [1.807, 2.05) is 0 Å². The third-order valence-electron chi connectivity index (χ3n) is 5.09. The number of nitrogens with one attached hydrogen (secondary N) is 1. The first-order chi connectivity index (χ1) is 14.8.